The zero-order chi connectivity index (χ0) is 50.4. The van der Waals surface area contributed by atoms with Crippen LogP contribution < -0.4 is 0 Å². The van der Waals surface area contributed by atoms with Crippen molar-refractivity contribution in [2.24, 2.45) is 0 Å². The molecule has 0 amide bonds. The van der Waals surface area contributed by atoms with Gasteiger partial charge in [0.15, 0.2) is 0 Å². The summed E-state index contributed by atoms with van der Waals surface area (Å²) in [6, 6.07) is 67.8. The quantitative estimate of drug-likeness (QED) is 0.141. The third-order valence-electron chi connectivity index (χ3n) is 15.4. The summed E-state index contributed by atoms with van der Waals surface area (Å²) in [6.07, 6.45) is 0. The van der Waals surface area contributed by atoms with Crippen molar-refractivity contribution >= 4 is 49.3 Å². The first kappa shape index (κ1) is 45.4. The maximum atomic E-state index is 9.20. The minimum atomic E-state index is 0.575. The molecule has 0 N–H and O–H groups in total. The number of aromatic nitrogens is 2. The van der Waals surface area contributed by atoms with Crippen LogP contribution in [0.25, 0.3) is 115 Å². The average Bonchev–Trinajstić information content (AvgIpc) is 3.87. The van der Waals surface area contributed by atoms with Gasteiger partial charge >= 0.3 is 0 Å². The maximum absolute atomic E-state index is 9.20. The standard InChI is InChI=1S/C70H57N3/c1-41-15-23-54(46(6)31-41)50-19-27-59-60-28-20-51(55-24-16-42(2)32-47(55)7)36-66(60)72(65(59)35-50)69-40-64(71-10)70(39-63(69)58-14-12-11-13-45(58)5)73-67-37-52(56-25-17-43(3)33-48(56)8)21-29-61(67)62-30-22-53(38-68(62)73)57-26-18-44(4)34-49(57)9/h11-40H,1-9H3. The van der Waals surface area contributed by atoms with Crippen molar-refractivity contribution in [2.45, 2.75) is 62.3 Å². The van der Waals surface area contributed by atoms with Crippen LogP contribution in [0.1, 0.15) is 50.1 Å². The Balaban J connectivity index is 1.21. The van der Waals surface area contributed by atoms with Crippen LogP contribution in [-0.2, 0) is 0 Å². The third-order valence-corrected chi connectivity index (χ3v) is 15.4. The van der Waals surface area contributed by atoms with Gasteiger partial charge in [0, 0.05) is 32.8 Å². The van der Waals surface area contributed by atoms with Gasteiger partial charge in [0.1, 0.15) is 0 Å². The zero-order valence-electron chi connectivity index (χ0n) is 43.2. The molecule has 2 aromatic heterocycles. The lowest BCUT2D eigenvalue weighted by Crippen LogP contribution is -2.02. The lowest BCUT2D eigenvalue weighted by Gasteiger charge is -2.21. The summed E-state index contributed by atoms with van der Waals surface area (Å²) < 4.78 is 4.83. The van der Waals surface area contributed by atoms with E-state index in [1.54, 1.807) is 0 Å². The van der Waals surface area contributed by atoms with Gasteiger partial charge in [-0.15, -0.1) is 0 Å². The molecule has 0 saturated carbocycles. The highest BCUT2D eigenvalue weighted by molar-refractivity contribution is 6.14. The van der Waals surface area contributed by atoms with Gasteiger partial charge in [-0.2, -0.15) is 0 Å². The summed E-state index contributed by atoms with van der Waals surface area (Å²) in [7, 11) is 0. The highest BCUT2D eigenvalue weighted by atomic mass is 15.0. The lowest BCUT2D eigenvalue weighted by molar-refractivity contribution is 1.15. The highest BCUT2D eigenvalue weighted by Crippen LogP contribution is 2.46. The van der Waals surface area contributed by atoms with Crippen LogP contribution in [0, 0.1) is 68.9 Å². The van der Waals surface area contributed by atoms with Crippen LogP contribution in [0.15, 0.2) is 182 Å². The summed E-state index contributed by atoms with van der Waals surface area (Å²) in [5.74, 6) is 0. The van der Waals surface area contributed by atoms with Crippen molar-refractivity contribution in [3.05, 3.63) is 243 Å². The van der Waals surface area contributed by atoms with E-state index < -0.39 is 0 Å². The largest absolute Gasteiger partial charge is 0.319 e. The Labute approximate surface area is 429 Å². The van der Waals surface area contributed by atoms with Crippen molar-refractivity contribution < 1.29 is 0 Å². The number of nitrogens with zero attached hydrogens (tertiary/aromatic N) is 3. The van der Waals surface area contributed by atoms with E-state index in [9.17, 15) is 6.57 Å². The minimum absolute atomic E-state index is 0.575. The number of aryl methyl sites for hydroxylation is 9. The van der Waals surface area contributed by atoms with Crippen LogP contribution in [0.2, 0.25) is 0 Å². The molecule has 10 aromatic carbocycles. The van der Waals surface area contributed by atoms with Crippen molar-refractivity contribution in [3.63, 3.8) is 0 Å². The van der Waals surface area contributed by atoms with E-state index in [2.05, 4.69) is 258 Å². The van der Waals surface area contributed by atoms with Crippen molar-refractivity contribution in [3.8, 4) is 67.0 Å². The number of rotatable bonds is 7. The predicted octanol–water partition coefficient (Wildman–Crippen LogP) is 19.5. The van der Waals surface area contributed by atoms with Crippen LogP contribution in [-0.4, -0.2) is 9.13 Å². The third kappa shape index (κ3) is 7.65. The molecule has 0 saturated heterocycles. The lowest BCUT2D eigenvalue weighted by atomic mass is 9.96. The van der Waals surface area contributed by atoms with Gasteiger partial charge in [0.25, 0.3) is 0 Å². The fourth-order valence-corrected chi connectivity index (χ4v) is 11.9. The molecule has 12 aromatic rings. The van der Waals surface area contributed by atoms with Gasteiger partial charge in [-0.3, -0.25) is 0 Å². The van der Waals surface area contributed by atoms with E-state index in [-0.39, 0.29) is 0 Å². The Bertz CT molecular complexity index is 4100. The number of benzene rings is 10. The number of hydrogen-bond donors (Lipinski definition) is 0. The van der Waals surface area contributed by atoms with Crippen LogP contribution >= 0.6 is 0 Å². The second-order valence-electron chi connectivity index (χ2n) is 20.7. The van der Waals surface area contributed by atoms with Crippen LogP contribution in [0.5, 0.6) is 0 Å². The minimum Gasteiger partial charge on any atom is -0.319 e. The van der Waals surface area contributed by atoms with Gasteiger partial charge in [-0.25, -0.2) is 4.85 Å². The molecule has 2 heterocycles. The first-order chi connectivity index (χ1) is 35.3. The molecule has 0 fully saturated rings. The molecule has 0 aliphatic rings. The monoisotopic (exact) mass is 939 g/mol. The van der Waals surface area contributed by atoms with Gasteiger partial charge < -0.3 is 9.13 Å². The molecule has 0 unspecified atom stereocenters. The molecule has 0 atom stereocenters. The molecule has 0 aliphatic carbocycles. The van der Waals surface area contributed by atoms with Crippen LogP contribution in [0.3, 0.4) is 0 Å². The molecule has 0 bridgehead atoms. The first-order valence-corrected chi connectivity index (χ1v) is 25.4. The predicted molar refractivity (Wildman–Crippen MR) is 311 cm³/mol. The van der Waals surface area contributed by atoms with Crippen molar-refractivity contribution in [2.75, 3.05) is 0 Å². The van der Waals surface area contributed by atoms with Crippen molar-refractivity contribution in [1.29, 1.82) is 0 Å². The molecule has 0 radical (unpaired) electrons. The Morgan fingerprint density at radius 1 is 0.288 bits per heavy atom. The van der Waals surface area contributed by atoms with Gasteiger partial charge in [0.05, 0.1) is 34.3 Å². The summed E-state index contributed by atoms with van der Waals surface area (Å²) in [5, 5.41) is 4.63. The molecular weight excluding hydrogens is 883 g/mol. The van der Waals surface area contributed by atoms with Crippen molar-refractivity contribution in [1.82, 2.24) is 9.13 Å². The SMILES string of the molecule is [C-]#[N+]c1cc(-n2c3cc(-c4ccc(C)cc4C)ccc3c3ccc(-c4ccc(C)cc4C)cc32)c(-c2ccccc2C)cc1-n1c2cc(-c3ccc(C)cc3C)ccc2c2ccc(-c3ccc(C)cc3C)cc21. The van der Waals surface area contributed by atoms with E-state index in [1.807, 2.05) is 0 Å². The van der Waals surface area contributed by atoms with Crippen LogP contribution in [0.4, 0.5) is 5.69 Å². The maximum Gasteiger partial charge on any atom is 0.212 e. The topological polar surface area (TPSA) is 14.2 Å². The summed E-state index contributed by atoms with van der Waals surface area (Å²) in [5.41, 5.74) is 29.4. The smallest absolute Gasteiger partial charge is 0.212 e. The summed E-state index contributed by atoms with van der Waals surface area (Å²) >= 11 is 0. The molecule has 0 aliphatic heterocycles. The number of hydrogen-bond acceptors (Lipinski definition) is 0. The van der Waals surface area contributed by atoms with Gasteiger partial charge in [-0.05, 0) is 177 Å². The second kappa shape index (κ2) is 17.5. The molecule has 0 spiro atoms. The second-order valence-corrected chi connectivity index (χ2v) is 20.7. The normalized spacial score (nSPS) is 11.6. The van der Waals surface area contributed by atoms with E-state index >= 15 is 0 Å². The average molecular weight is 940 g/mol. The Morgan fingerprint density at radius 3 is 0.959 bits per heavy atom. The Hall–Kier alpha value is -8.71. The molecule has 352 valence electrons. The fourth-order valence-electron chi connectivity index (χ4n) is 11.9. The molecular formula is C70H57N3. The van der Waals surface area contributed by atoms with E-state index in [0.29, 0.717) is 5.69 Å². The molecule has 3 nitrogen and oxygen atoms in total. The van der Waals surface area contributed by atoms with Gasteiger partial charge in [-0.1, -0.05) is 168 Å². The Kier molecular flexibility index (Phi) is 10.9. The highest BCUT2D eigenvalue weighted by Gasteiger charge is 2.24. The first-order valence-electron chi connectivity index (χ1n) is 25.4. The number of fused-ring (bicyclic) bond motifs is 6. The summed E-state index contributed by atoms with van der Waals surface area (Å²) in [6.45, 7) is 28.8. The molecule has 73 heavy (non-hydrogen) atoms. The van der Waals surface area contributed by atoms with E-state index in [4.69, 9.17) is 0 Å². The molecule has 3 heteroatoms. The zero-order valence-corrected chi connectivity index (χ0v) is 43.2. The van der Waals surface area contributed by atoms with E-state index in [1.165, 1.54) is 77.5 Å². The summed E-state index contributed by atoms with van der Waals surface area (Å²) in [4.78, 5) is 4.52. The Morgan fingerprint density at radius 2 is 0.630 bits per heavy atom. The van der Waals surface area contributed by atoms with Gasteiger partial charge in [0.2, 0.25) is 5.69 Å². The molecule has 12 rings (SSSR count). The van der Waals surface area contributed by atoms with E-state index in [0.717, 1.165) is 83.2 Å². The fraction of sp³-hybridized carbons (Fsp3) is 0.129.